The van der Waals surface area contributed by atoms with Gasteiger partial charge in [0, 0.05) is 29.1 Å². The SMILES string of the molecule is C[C@H]1CC=CC=C1N(C1=CC=CCC1)C1C=C2OC3C=CC=C(C4(c5ccccc5)C5=CC=CCC5C5=C4CCCC5)C3C2CC1. The van der Waals surface area contributed by atoms with Gasteiger partial charge in [0.05, 0.1) is 17.2 Å². The second-order valence-electron chi connectivity index (χ2n) is 14.8. The van der Waals surface area contributed by atoms with Crippen molar-refractivity contribution in [2.24, 2.45) is 23.7 Å². The number of benzene rings is 1. The minimum absolute atomic E-state index is 0.100. The Labute approximate surface area is 275 Å². The molecule has 0 aromatic heterocycles. The molecule has 234 valence electrons. The quantitative estimate of drug-likeness (QED) is 0.310. The number of fused-ring (bicyclic) bond motifs is 5. The van der Waals surface area contributed by atoms with Crippen molar-refractivity contribution in [1.29, 1.82) is 0 Å². The van der Waals surface area contributed by atoms with Crippen molar-refractivity contribution < 1.29 is 4.74 Å². The average Bonchev–Trinajstić information content (AvgIpc) is 3.64. The van der Waals surface area contributed by atoms with Crippen LogP contribution in [0.15, 0.2) is 149 Å². The molecule has 0 saturated carbocycles. The molecule has 7 aliphatic carbocycles. The largest absolute Gasteiger partial charge is 0.490 e. The lowest BCUT2D eigenvalue weighted by Crippen LogP contribution is -2.41. The second kappa shape index (κ2) is 11.5. The molecule has 2 heteroatoms. The van der Waals surface area contributed by atoms with E-state index in [0.29, 0.717) is 29.7 Å². The lowest BCUT2D eigenvalue weighted by molar-refractivity contribution is 0.173. The molecule has 7 atom stereocenters. The molecule has 46 heavy (non-hydrogen) atoms. The normalized spacial score (nSPS) is 35.5. The Morgan fingerprint density at radius 1 is 0.804 bits per heavy atom. The zero-order valence-electron chi connectivity index (χ0n) is 27.3. The summed E-state index contributed by atoms with van der Waals surface area (Å²) >= 11 is 0. The highest BCUT2D eigenvalue weighted by molar-refractivity contribution is 5.67. The fourth-order valence-electron chi connectivity index (χ4n) is 10.6. The van der Waals surface area contributed by atoms with Crippen molar-refractivity contribution in [3.8, 4) is 0 Å². The Morgan fingerprint density at radius 2 is 1.63 bits per heavy atom. The maximum Gasteiger partial charge on any atom is 0.124 e. The predicted octanol–water partition coefficient (Wildman–Crippen LogP) is 10.5. The number of hydrogen-bond acceptors (Lipinski definition) is 2. The molecule has 1 aliphatic heterocycles. The summed E-state index contributed by atoms with van der Waals surface area (Å²) in [6.07, 6.45) is 42.9. The van der Waals surface area contributed by atoms with Crippen LogP contribution in [0, 0.1) is 23.7 Å². The molecule has 0 amide bonds. The summed E-state index contributed by atoms with van der Waals surface area (Å²) in [6, 6.07) is 11.9. The Morgan fingerprint density at radius 3 is 2.50 bits per heavy atom. The monoisotopic (exact) mass is 605 g/mol. The van der Waals surface area contributed by atoms with Gasteiger partial charge in [0.1, 0.15) is 6.10 Å². The fraction of sp³-hybridized carbons (Fsp3) is 0.409. The topological polar surface area (TPSA) is 12.5 Å². The van der Waals surface area contributed by atoms with Gasteiger partial charge in [-0.25, -0.2) is 0 Å². The standard InChI is InChI=1S/C44H47NO/c1-30-15-8-13-25-40(30)45(32-18-6-3-7-19-32)33-27-28-36-42(29-33)46-41-26-14-24-39(43(36)41)44(31-16-4-2-5-17-31)37-22-11-9-20-34(37)35-21-10-12-23-38(35)44/h2-6,8-9,11,13-14,16-18,22,24-26,29-30,33-34,36,41,43H,7,10,12,15,19-21,23,27-28H2,1H3/t30-,33?,34?,36?,41?,43?,44?/m0/s1. The Hall–Kier alpha value is -3.78. The summed E-state index contributed by atoms with van der Waals surface area (Å²) in [5, 5.41) is 0. The highest BCUT2D eigenvalue weighted by Crippen LogP contribution is 2.65. The summed E-state index contributed by atoms with van der Waals surface area (Å²) < 4.78 is 7.08. The Kier molecular flexibility index (Phi) is 7.10. The van der Waals surface area contributed by atoms with Gasteiger partial charge in [-0.3, -0.25) is 0 Å². The lowest BCUT2D eigenvalue weighted by atomic mass is 9.57. The van der Waals surface area contributed by atoms with Gasteiger partial charge in [0.2, 0.25) is 0 Å². The van der Waals surface area contributed by atoms with Crippen LogP contribution < -0.4 is 0 Å². The van der Waals surface area contributed by atoms with E-state index in [0.717, 1.165) is 32.1 Å². The van der Waals surface area contributed by atoms with Crippen LogP contribution in [0.5, 0.6) is 0 Å². The van der Waals surface area contributed by atoms with Gasteiger partial charge in [-0.2, -0.15) is 0 Å². The minimum atomic E-state index is -0.157. The van der Waals surface area contributed by atoms with E-state index in [9.17, 15) is 0 Å². The van der Waals surface area contributed by atoms with Crippen molar-refractivity contribution >= 4 is 0 Å². The van der Waals surface area contributed by atoms with Crippen molar-refractivity contribution in [3.63, 3.8) is 0 Å². The summed E-state index contributed by atoms with van der Waals surface area (Å²) in [6.45, 7) is 2.39. The molecular formula is C44H47NO. The number of nitrogens with zero attached hydrogens (tertiary/aromatic N) is 1. The first kappa shape index (κ1) is 28.4. The lowest BCUT2D eigenvalue weighted by Gasteiger charge is -2.45. The molecule has 1 aromatic carbocycles. The van der Waals surface area contributed by atoms with E-state index in [1.54, 1.807) is 22.3 Å². The highest BCUT2D eigenvalue weighted by Gasteiger charge is 2.58. The van der Waals surface area contributed by atoms with E-state index in [4.69, 9.17) is 4.74 Å². The van der Waals surface area contributed by atoms with Crippen molar-refractivity contribution in [2.75, 3.05) is 0 Å². The van der Waals surface area contributed by atoms with Crippen molar-refractivity contribution in [2.45, 2.75) is 88.7 Å². The fourth-order valence-corrected chi connectivity index (χ4v) is 10.6. The van der Waals surface area contributed by atoms with Crippen LogP contribution >= 0.6 is 0 Å². The van der Waals surface area contributed by atoms with Gasteiger partial charge in [-0.05, 0) is 111 Å². The summed E-state index contributed by atoms with van der Waals surface area (Å²) in [7, 11) is 0. The molecule has 2 nitrogen and oxygen atoms in total. The van der Waals surface area contributed by atoms with E-state index in [1.165, 1.54) is 54.8 Å². The maximum atomic E-state index is 7.08. The maximum absolute atomic E-state index is 7.08. The number of allylic oxidation sites excluding steroid dienone is 17. The van der Waals surface area contributed by atoms with Crippen molar-refractivity contribution in [3.05, 3.63) is 154 Å². The zero-order chi connectivity index (χ0) is 30.7. The van der Waals surface area contributed by atoms with E-state index >= 15 is 0 Å². The number of rotatable bonds is 5. The molecule has 0 spiro atoms. The van der Waals surface area contributed by atoms with Gasteiger partial charge in [-0.1, -0.05) is 103 Å². The molecule has 9 rings (SSSR count). The molecule has 0 radical (unpaired) electrons. The van der Waals surface area contributed by atoms with Crippen LogP contribution in [0.2, 0.25) is 0 Å². The van der Waals surface area contributed by atoms with Gasteiger partial charge in [0.15, 0.2) is 0 Å². The van der Waals surface area contributed by atoms with E-state index < -0.39 is 0 Å². The first-order valence-corrected chi connectivity index (χ1v) is 18.2. The van der Waals surface area contributed by atoms with E-state index in [2.05, 4.69) is 121 Å². The third kappa shape index (κ3) is 4.28. The van der Waals surface area contributed by atoms with Gasteiger partial charge < -0.3 is 9.64 Å². The van der Waals surface area contributed by atoms with Gasteiger partial charge in [0.25, 0.3) is 0 Å². The van der Waals surface area contributed by atoms with Crippen LogP contribution in [0.4, 0.5) is 0 Å². The second-order valence-corrected chi connectivity index (χ2v) is 14.8. The van der Waals surface area contributed by atoms with Gasteiger partial charge in [-0.15, -0.1) is 0 Å². The Bertz CT molecular complexity index is 1720. The summed E-state index contributed by atoms with van der Waals surface area (Å²) in [5.41, 5.74) is 11.0. The molecular weight excluding hydrogens is 558 g/mol. The molecule has 1 saturated heterocycles. The zero-order valence-corrected chi connectivity index (χ0v) is 27.3. The van der Waals surface area contributed by atoms with Crippen LogP contribution in [-0.2, 0) is 10.2 Å². The highest BCUT2D eigenvalue weighted by atomic mass is 16.5. The Balaban J connectivity index is 1.15. The molecule has 1 heterocycles. The van der Waals surface area contributed by atoms with Crippen LogP contribution in [0.3, 0.4) is 0 Å². The van der Waals surface area contributed by atoms with Crippen LogP contribution in [-0.4, -0.2) is 17.0 Å². The number of ether oxygens (including phenoxy) is 1. The van der Waals surface area contributed by atoms with E-state index in [1.807, 2.05) is 0 Å². The predicted molar refractivity (Wildman–Crippen MR) is 188 cm³/mol. The molecule has 0 N–H and O–H groups in total. The third-order valence-corrected chi connectivity index (χ3v) is 12.4. The summed E-state index contributed by atoms with van der Waals surface area (Å²) in [4.78, 5) is 2.70. The van der Waals surface area contributed by atoms with E-state index in [-0.39, 0.29) is 11.5 Å². The molecule has 6 unspecified atom stereocenters. The number of hydrogen-bond donors (Lipinski definition) is 0. The smallest absolute Gasteiger partial charge is 0.124 e. The first-order valence-electron chi connectivity index (χ1n) is 18.2. The van der Waals surface area contributed by atoms with Gasteiger partial charge >= 0.3 is 0 Å². The molecule has 1 aromatic rings. The average molecular weight is 606 g/mol. The van der Waals surface area contributed by atoms with Crippen LogP contribution in [0.25, 0.3) is 0 Å². The molecule has 1 fully saturated rings. The summed E-state index contributed by atoms with van der Waals surface area (Å²) in [5.74, 6) is 3.09. The minimum Gasteiger partial charge on any atom is -0.490 e. The molecule has 8 aliphatic rings. The molecule has 0 bridgehead atoms. The third-order valence-electron chi connectivity index (χ3n) is 12.4. The first-order chi connectivity index (χ1) is 22.7. The van der Waals surface area contributed by atoms with Crippen molar-refractivity contribution in [1.82, 2.24) is 4.90 Å². The van der Waals surface area contributed by atoms with Crippen LogP contribution in [0.1, 0.15) is 76.7 Å².